The van der Waals surface area contributed by atoms with Gasteiger partial charge in [0.1, 0.15) is 5.82 Å². The van der Waals surface area contributed by atoms with Gasteiger partial charge in [-0.3, -0.25) is 9.69 Å². The summed E-state index contributed by atoms with van der Waals surface area (Å²) >= 11 is 0. The zero-order valence-electron chi connectivity index (χ0n) is 13.4. The van der Waals surface area contributed by atoms with Crippen LogP contribution in [0.3, 0.4) is 0 Å². The predicted molar refractivity (Wildman–Crippen MR) is 89.2 cm³/mol. The maximum absolute atomic E-state index is 14.2. The van der Waals surface area contributed by atoms with E-state index in [4.69, 9.17) is 5.73 Å². The van der Waals surface area contributed by atoms with Gasteiger partial charge >= 0.3 is 0 Å². The lowest BCUT2D eigenvalue weighted by atomic mass is 10.1. The highest BCUT2D eigenvalue weighted by Gasteiger charge is 2.31. The number of anilines is 1. The molecule has 2 aliphatic rings. The van der Waals surface area contributed by atoms with E-state index in [1.165, 1.54) is 18.9 Å². The zero-order chi connectivity index (χ0) is 16.7. The second kappa shape index (κ2) is 5.98. The van der Waals surface area contributed by atoms with Crippen LogP contribution in [0.25, 0.3) is 10.9 Å². The quantitative estimate of drug-likeness (QED) is 0.912. The van der Waals surface area contributed by atoms with Crippen LogP contribution in [0.2, 0.25) is 0 Å². The number of primary amides is 1. The lowest BCUT2D eigenvalue weighted by Crippen LogP contribution is -2.50. The Kier molecular flexibility index (Phi) is 3.80. The Morgan fingerprint density at radius 3 is 3.00 bits per heavy atom. The molecule has 126 valence electrons. The van der Waals surface area contributed by atoms with E-state index in [0.717, 1.165) is 26.2 Å². The van der Waals surface area contributed by atoms with Gasteiger partial charge in [-0.05, 0) is 31.5 Å². The van der Waals surface area contributed by atoms with Gasteiger partial charge in [-0.2, -0.15) is 0 Å². The Bertz CT molecular complexity index is 796. The number of fused-ring (bicyclic) bond motifs is 2. The fraction of sp³-hybridized carbons (Fsp3) is 0.471. The highest BCUT2D eigenvalue weighted by Crippen LogP contribution is 2.27. The zero-order valence-corrected chi connectivity index (χ0v) is 13.4. The number of benzene rings is 1. The van der Waals surface area contributed by atoms with Crippen molar-refractivity contribution < 1.29 is 9.18 Å². The van der Waals surface area contributed by atoms with Crippen molar-refractivity contribution in [1.29, 1.82) is 0 Å². The van der Waals surface area contributed by atoms with Crippen LogP contribution in [0.4, 0.5) is 10.3 Å². The average molecular weight is 329 g/mol. The Balaban J connectivity index is 1.74. The number of rotatable bonds is 3. The number of piperazine rings is 1. The van der Waals surface area contributed by atoms with E-state index in [0.29, 0.717) is 28.6 Å². The topological polar surface area (TPSA) is 75.4 Å². The van der Waals surface area contributed by atoms with E-state index >= 15 is 0 Å². The summed E-state index contributed by atoms with van der Waals surface area (Å²) in [5.41, 5.74) is 6.21. The Morgan fingerprint density at radius 1 is 1.29 bits per heavy atom. The SMILES string of the molecule is NC(=O)Cc1nc(N2CCN3CCC[C@@H]3C2)nc2cccc(F)c12. The summed E-state index contributed by atoms with van der Waals surface area (Å²) < 4.78 is 14.2. The first kappa shape index (κ1) is 15.3. The van der Waals surface area contributed by atoms with Crippen LogP contribution < -0.4 is 10.6 Å². The van der Waals surface area contributed by atoms with E-state index < -0.39 is 11.7 Å². The minimum atomic E-state index is -0.523. The van der Waals surface area contributed by atoms with Crippen molar-refractivity contribution in [2.24, 2.45) is 5.73 Å². The summed E-state index contributed by atoms with van der Waals surface area (Å²) in [5, 5.41) is 0.291. The fourth-order valence-electron chi connectivity index (χ4n) is 3.81. The molecule has 4 rings (SSSR count). The van der Waals surface area contributed by atoms with Crippen molar-refractivity contribution in [2.45, 2.75) is 25.3 Å². The molecule has 6 nitrogen and oxygen atoms in total. The van der Waals surface area contributed by atoms with Gasteiger partial charge < -0.3 is 10.6 Å². The molecule has 2 aliphatic heterocycles. The molecule has 0 unspecified atom stereocenters. The van der Waals surface area contributed by atoms with Crippen molar-refractivity contribution in [1.82, 2.24) is 14.9 Å². The first-order valence-electron chi connectivity index (χ1n) is 8.34. The number of carbonyl (C=O) groups excluding carboxylic acids is 1. The molecule has 7 heteroatoms. The Morgan fingerprint density at radius 2 is 2.17 bits per heavy atom. The molecule has 0 saturated carbocycles. The van der Waals surface area contributed by atoms with Crippen LogP contribution in [0.1, 0.15) is 18.5 Å². The summed E-state index contributed by atoms with van der Waals surface area (Å²) in [6.45, 7) is 3.86. The van der Waals surface area contributed by atoms with Gasteiger partial charge in [0, 0.05) is 25.7 Å². The standard InChI is InChI=1S/C17H20FN5O/c18-12-4-1-5-13-16(12)14(9-15(19)24)21-17(20-13)23-8-7-22-6-2-3-11(22)10-23/h1,4-5,11H,2-3,6-10H2,(H2,19,24)/t11-/m1/s1. The van der Waals surface area contributed by atoms with E-state index in [1.54, 1.807) is 12.1 Å². The fourth-order valence-corrected chi connectivity index (χ4v) is 3.81. The summed E-state index contributed by atoms with van der Waals surface area (Å²) in [6.07, 6.45) is 2.33. The summed E-state index contributed by atoms with van der Waals surface area (Å²) in [4.78, 5) is 25.1. The second-order valence-corrected chi connectivity index (χ2v) is 6.53. The van der Waals surface area contributed by atoms with Crippen molar-refractivity contribution in [3.8, 4) is 0 Å². The highest BCUT2D eigenvalue weighted by atomic mass is 19.1. The first-order chi connectivity index (χ1) is 11.6. The molecule has 24 heavy (non-hydrogen) atoms. The van der Waals surface area contributed by atoms with Gasteiger partial charge in [-0.25, -0.2) is 14.4 Å². The number of aromatic nitrogens is 2. The van der Waals surface area contributed by atoms with Crippen LogP contribution in [0.5, 0.6) is 0 Å². The molecular formula is C17H20FN5O. The first-order valence-corrected chi connectivity index (χ1v) is 8.34. The monoisotopic (exact) mass is 329 g/mol. The van der Waals surface area contributed by atoms with E-state index in [-0.39, 0.29) is 6.42 Å². The number of nitrogens with zero attached hydrogens (tertiary/aromatic N) is 4. The molecule has 2 aromatic rings. The summed E-state index contributed by atoms with van der Waals surface area (Å²) in [5.74, 6) is -0.378. The molecule has 0 bridgehead atoms. The molecule has 0 spiro atoms. The minimum Gasteiger partial charge on any atom is -0.369 e. The van der Waals surface area contributed by atoms with Crippen molar-refractivity contribution in [3.05, 3.63) is 29.7 Å². The van der Waals surface area contributed by atoms with Gasteiger partial charge in [-0.15, -0.1) is 0 Å². The number of nitrogens with two attached hydrogens (primary N) is 1. The molecule has 2 fully saturated rings. The van der Waals surface area contributed by atoms with Crippen molar-refractivity contribution in [2.75, 3.05) is 31.1 Å². The van der Waals surface area contributed by atoms with Gasteiger partial charge in [0.05, 0.1) is 23.0 Å². The normalized spacial score (nSPS) is 21.2. The third kappa shape index (κ3) is 2.69. The molecule has 0 radical (unpaired) electrons. The van der Waals surface area contributed by atoms with Crippen molar-refractivity contribution in [3.63, 3.8) is 0 Å². The lowest BCUT2D eigenvalue weighted by Gasteiger charge is -2.37. The highest BCUT2D eigenvalue weighted by molar-refractivity contribution is 5.87. The Labute approximate surface area is 139 Å². The molecule has 2 N–H and O–H groups in total. The van der Waals surface area contributed by atoms with Gasteiger partial charge in [0.25, 0.3) is 0 Å². The summed E-state index contributed by atoms with van der Waals surface area (Å²) in [6, 6.07) is 5.26. The van der Waals surface area contributed by atoms with Crippen LogP contribution >= 0.6 is 0 Å². The molecule has 2 saturated heterocycles. The number of hydrogen-bond acceptors (Lipinski definition) is 5. The number of carbonyl (C=O) groups is 1. The van der Waals surface area contributed by atoms with Crippen molar-refractivity contribution >= 4 is 22.8 Å². The van der Waals surface area contributed by atoms with Crippen LogP contribution in [0, 0.1) is 5.82 Å². The second-order valence-electron chi connectivity index (χ2n) is 6.53. The largest absolute Gasteiger partial charge is 0.369 e. The number of hydrogen-bond donors (Lipinski definition) is 1. The van der Waals surface area contributed by atoms with E-state index in [2.05, 4.69) is 19.8 Å². The van der Waals surface area contributed by atoms with Gasteiger partial charge in [0.2, 0.25) is 11.9 Å². The Hall–Kier alpha value is -2.28. The van der Waals surface area contributed by atoms with E-state index in [9.17, 15) is 9.18 Å². The lowest BCUT2D eigenvalue weighted by molar-refractivity contribution is -0.117. The molecular weight excluding hydrogens is 309 g/mol. The third-order valence-electron chi connectivity index (χ3n) is 4.95. The van der Waals surface area contributed by atoms with Crippen LogP contribution in [-0.4, -0.2) is 53.0 Å². The molecule has 3 heterocycles. The smallest absolute Gasteiger partial charge is 0.226 e. The minimum absolute atomic E-state index is 0.0870. The average Bonchev–Trinajstić information content (AvgIpc) is 3.01. The molecule has 0 aliphatic carbocycles. The van der Waals surface area contributed by atoms with Gasteiger partial charge in [-0.1, -0.05) is 6.07 Å². The maximum atomic E-state index is 14.2. The summed E-state index contributed by atoms with van der Waals surface area (Å²) in [7, 11) is 0. The number of amides is 1. The van der Waals surface area contributed by atoms with Gasteiger partial charge in [0.15, 0.2) is 0 Å². The van der Waals surface area contributed by atoms with Crippen LogP contribution in [-0.2, 0) is 11.2 Å². The molecule has 1 atom stereocenters. The molecule has 1 amide bonds. The molecule has 1 aromatic heterocycles. The number of halogens is 1. The van der Waals surface area contributed by atoms with Crippen LogP contribution in [0.15, 0.2) is 18.2 Å². The third-order valence-corrected chi connectivity index (χ3v) is 4.95. The maximum Gasteiger partial charge on any atom is 0.226 e. The predicted octanol–water partition coefficient (Wildman–Crippen LogP) is 1.08. The van der Waals surface area contributed by atoms with E-state index in [1.807, 2.05) is 0 Å². The molecule has 1 aromatic carbocycles.